The fourth-order valence-electron chi connectivity index (χ4n) is 2.57. The van der Waals surface area contributed by atoms with Crippen LogP contribution in [0.4, 0.5) is 0 Å². The summed E-state index contributed by atoms with van der Waals surface area (Å²) in [5, 5.41) is 0. The molecule has 0 N–H and O–H groups in total. The van der Waals surface area contributed by atoms with Crippen LogP contribution in [0.25, 0.3) is 11.1 Å². The zero-order valence-electron chi connectivity index (χ0n) is 10.1. The average Bonchev–Trinajstić information content (AvgIpc) is 2.57. The molecule has 0 aliphatic heterocycles. The molecule has 2 aromatic rings. The monoisotopic (exact) mass is 208 g/mol. The second-order valence-electron chi connectivity index (χ2n) is 4.93. The molecule has 0 aromatic heterocycles. The molecule has 0 amide bonds. The number of hydrogen-bond donors (Lipinski definition) is 0. The van der Waals surface area contributed by atoms with Crippen LogP contribution in [0.2, 0.25) is 0 Å². The van der Waals surface area contributed by atoms with Crippen molar-refractivity contribution in [1.82, 2.24) is 0 Å². The summed E-state index contributed by atoms with van der Waals surface area (Å²) >= 11 is 0. The Balaban J connectivity index is 2.28. The third kappa shape index (κ3) is 1.30. The van der Waals surface area contributed by atoms with Gasteiger partial charge in [-0.2, -0.15) is 0 Å². The SMILES string of the molecule is Cc1ccc2c(c1)-c1cc(C)c(C)cc1C2. The van der Waals surface area contributed by atoms with Gasteiger partial charge in [0.15, 0.2) is 0 Å². The summed E-state index contributed by atoms with van der Waals surface area (Å²) in [7, 11) is 0. The summed E-state index contributed by atoms with van der Waals surface area (Å²) in [4.78, 5) is 0. The lowest BCUT2D eigenvalue weighted by Crippen LogP contribution is -1.86. The summed E-state index contributed by atoms with van der Waals surface area (Å²) in [6, 6.07) is 11.5. The van der Waals surface area contributed by atoms with E-state index < -0.39 is 0 Å². The molecule has 0 radical (unpaired) electrons. The Kier molecular flexibility index (Phi) is 1.94. The normalized spacial score (nSPS) is 12.4. The van der Waals surface area contributed by atoms with Gasteiger partial charge in [-0.05, 0) is 60.6 Å². The van der Waals surface area contributed by atoms with Crippen molar-refractivity contribution in [2.24, 2.45) is 0 Å². The minimum Gasteiger partial charge on any atom is -0.0590 e. The molecule has 1 aliphatic rings. The molecule has 80 valence electrons. The average molecular weight is 208 g/mol. The van der Waals surface area contributed by atoms with Gasteiger partial charge in [-0.3, -0.25) is 0 Å². The van der Waals surface area contributed by atoms with Crippen molar-refractivity contribution in [3.05, 3.63) is 58.1 Å². The molecule has 0 unspecified atom stereocenters. The van der Waals surface area contributed by atoms with E-state index in [4.69, 9.17) is 0 Å². The molecule has 3 rings (SSSR count). The van der Waals surface area contributed by atoms with Crippen molar-refractivity contribution in [3.63, 3.8) is 0 Å². The van der Waals surface area contributed by atoms with Crippen LogP contribution in [0, 0.1) is 20.8 Å². The standard InChI is InChI=1S/C16H16/c1-10-4-5-13-9-14-7-11(2)12(3)8-16(14)15(13)6-10/h4-8H,9H2,1-3H3. The van der Waals surface area contributed by atoms with E-state index in [0.717, 1.165) is 6.42 Å². The van der Waals surface area contributed by atoms with Crippen LogP contribution in [0.3, 0.4) is 0 Å². The number of fused-ring (bicyclic) bond motifs is 3. The summed E-state index contributed by atoms with van der Waals surface area (Å²) < 4.78 is 0. The predicted octanol–water partition coefficient (Wildman–Crippen LogP) is 4.18. The Hall–Kier alpha value is -1.56. The second-order valence-corrected chi connectivity index (χ2v) is 4.93. The third-order valence-corrected chi connectivity index (χ3v) is 3.66. The summed E-state index contributed by atoms with van der Waals surface area (Å²) in [5.41, 5.74) is 10.0. The van der Waals surface area contributed by atoms with Gasteiger partial charge in [-0.15, -0.1) is 0 Å². The van der Waals surface area contributed by atoms with Gasteiger partial charge in [0.1, 0.15) is 0 Å². The minimum absolute atomic E-state index is 1.10. The molecule has 0 heteroatoms. The Bertz CT molecular complexity index is 577. The van der Waals surface area contributed by atoms with E-state index >= 15 is 0 Å². The van der Waals surface area contributed by atoms with Gasteiger partial charge in [0.2, 0.25) is 0 Å². The zero-order valence-corrected chi connectivity index (χ0v) is 10.1. The maximum absolute atomic E-state index is 2.35. The molecular formula is C16H16. The number of aryl methyl sites for hydroxylation is 3. The Morgan fingerprint density at radius 2 is 1.44 bits per heavy atom. The lowest BCUT2D eigenvalue weighted by Gasteiger charge is -2.06. The van der Waals surface area contributed by atoms with Crippen molar-refractivity contribution in [2.75, 3.05) is 0 Å². The largest absolute Gasteiger partial charge is 0.0590 e. The van der Waals surface area contributed by atoms with Crippen molar-refractivity contribution in [3.8, 4) is 11.1 Å². The van der Waals surface area contributed by atoms with Gasteiger partial charge >= 0.3 is 0 Å². The first-order valence-corrected chi connectivity index (χ1v) is 5.85. The maximum atomic E-state index is 2.35. The fourth-order valence-corrected chi connectivity index (χ4v) is 2.57. The molecule has 0 saturated heterocycles. The number of benzene rings is 2. The van der Waals surface area contributed by atoms with E-state index in [1.807, 2.05) is 0 Å². The quantitative estimate of drug-likeness (QED) is 0.520. The summed E-state index contributed by atoms with van der Waals surface area (Å²) in [5.74, 6) is 0. The van der Waals surface area contributed by atoms with Crippen LogP contribution in [0.1, 0.15) is 27.8 Å². The van der Waals surface area contributed by atoms with Crippen molar-refractivity contribution in [1.29, 1.82) is 0 Å². The molecular weight excluding hydrogens is 192 g/mol. The topological polar surface area (TPSA) is 0 Å². The highest BCUT2D eigenvalue weighted by molar-refractivity contribution is 5.78. The molecule has 1 aliphatic carbocycles. The highest BCUT2D eigenvalue weighted by atomic mass is 14.2. The molecule has 0 atom stereocenters. The van der Waals surface area contributed by atoms with Crippen molar-refractivity contribution in [2.45, 2.75) is 27.2 Å². The van der Waals surface area contributed by atoms with E-state index in [1.54, 1.807) is 0 Å². The van der Waals surface area contributed by atoms with E-state index in [1.165, 1.54) is 38.9 Å². The van der Waals surface area contributed by atoms with Gasteiger partial charge in [0.25, 0.3) is 0 Å². The molecule has 0 heterocycles. The summed E-state index contributed by atoms with van der Waals surface area (Å²) in [6.45, 7) is 6.56. The fraction of sp³-hybridized carbons (Fsp3) is 0.250. The van der Waals surface area contributed by atoms with Crippen LogP contribution in [-0.4, -0.2) is 0 Å². The van der Waals surface area contributed by atoms with Crippen LogP contribution in [0.15, 0.2) is 30.3 Å². The molecule has 0 bridgehead atoms. The Morgan fingerprint density at radius 1 is 0.750 bits per heavy atom. The van der Waals surface area contributed by atoms with Crippen LogP contribution in [-0.2, 0) is 6.42 Å². The molecule has 0 fully saturated rings. The van der Waals surface area contributed by atoms with Crippen LogP contribution < -0.4 is 0 Å². The highest BCUT2D eigenvalue weighted by Gasteiger charge is 2.18. The molecule has 16 heavy (non-hydrogen) atoms. The van der Waals surface area contributed by atoms with Gasteiger partial charge in [-0.1, -0.05) is 35.9 Å². The maximum Gasteiger partial charge on any atom is -0.00133 e. The van der Waals surface area contributed by atoms with E-state index in [-0.39, 0.29) is 0 Å². The predicted molar refractivity (Wildman–Crippen MR) is 68.9 cm³/mol. The van der Waals surface area contributed by atoms with E-state index in [9.17, 15) is 0 Å². The van der Waals surface area contributed by atoms with Gasteiger partial charge in [0, 0.05) is 0 Å². The third-order valence-electron chi connectivity index (χ3n) is 3.66. The number of hydrogen-bond acceptors (Lipinski definition) is 0. The van der Waals surface area contributed by atoms with Crippen LogP contribution >= 0.6 is 0 Å². The first-order chi connectivity index (χ1) is 7.65. The molecule has 0 saturated carbocycles. The lowest BCUT2D eigenvalue weighted by molar-refractivity contribution is 1.23. The molecule has 2 aromatic carbocycles. The van der Waals surface area contributed by atoms with E-state index in [2.05, 4.69) is 51.1 Å². The van der Waals surface area contributed by atoms with Gasteiger partial charge < -0.3 is 0 Å². The lowest BCUT2D eigenvalue weighted by atomic mass is 9.99. The van der Waals surface area contributed by atoms with Crippen molar-refractivity contribution >= 4 is 0 Å². The Morgan fingerprint density at radius 3 is 2.25 bits per heavy atom. The summed E-state index contributed by atoms with van der Waals surface area (Å²) in [6.07, 6.45) is 1.10. The smallest absolute Gasteiger partial charge is 0.00133 e. The second kappa shape index (κ2) is 3.21. The first kappa shape index (κ1) is 9.65. The van der Waals surface area contributed by atoms with Crippen LogP contribution in [0.5, 0.6) is 0 Å². The van der Waals surface area contributed by atoms with E-state index in [0.29, 0.717) is 0 Å². The zero-order chi connectivity index (χ0) is 11.3. The minimum atomic E-state index is 1.10. The number of rotatable bonds is 0. The first-order valence-electron chi connectivity index (χ1n) is 5.85. The van der Waals surface area contributed by atoms with Crippen molar-refractivity contribution < 1.29 is 0 Å². The van der Waals surface area contributed by atoms with Gasteiger partial charge in [0.05, 0.1) is 0 Å². The molecule has 0 spiro atoms. The van der Waals surface area contributed by atoms with Gasteiger partial charge in [-0.25, -0.2) is 0 Å². The molecule has 0 nitrogen and oxygen atoms in total. The highest BCUT2D eigenvalue weighted by Crippen LogP contribution is 2.38. The Labute approximate surface area is 96.9 Å².